The van der Waals surface area contributed by atoms with Crippen LogP contribution in [0.5, 0.6) is 0 Å². The summed E-state index contributed by atoms with van der Waals surface area (Å²) in [5, 5.41) is 12.5. The lowest BCUT2D eigenvalue weighted by Crippen LogP contribution is -2.38. The zero-order valence-electron chi connectivity index (χ0n) is 13.9. The van der Waals surface area contributed by atoms with Crippen LogP contribution in [0.25, 0.3) is 0 Å². The molecule has 0 aliphatic rings. The van der Waals surface area contributed by atoms with Gasteiger partial charge in [-0.15, -0.1) is 0 Å². The Hall–Kier alpha value is -0.120. The standard InChI is InChI=1S/C17H37N2O/c1-3-5-6-7-8-9-10-11-12-13-14-15-17(18)19(20)16-4-2/h17H,3-16,18H2,1-2H3/q-1. The Kier molecular flexibility index (Phi) is 15.2. The van der Waals surface area contributed by atoms with Gasteiger partial charge in [-0.25, -0.2) is 0 Å². The van der Waals surface area contributed by atoms with Crippen LogP contribution in [-0.4, -0.2) is 17.8 Å². The summed E-state index contributed by atoms with van der Waals surface area (Å²) >= 11 is 0. The van der Waals surface area contributed by atoms with Gasteiger partial charge in [-0.3, -0.25) is 0 Å². The molecule has 0 aliphatic heterocycles. The summed E-state index contributed by atoms with van der Waals surface area (Å²) < 4.78 is 0. The molecule has 0 heterocycles. The van der Waals surface area contributed by atoms with Crippen LogP contribution in [0.3, 0.4) is 0 Å². The topological polar surface area (TPSA) is 52.3 Å². The number of nitrogens with zero attached hydrogens (tertiary/aromatic N) is 1. The number of hydrogen-bond acceptors (Lipinski definition) is 3. The average molecular weight is 285 g/mol. The highest BCUT2D eigenvalue weighted by molar-refractivity contribution is 4.65. The molecule has 0 aromatic carbocycles. The monoisotopic (exact) mass is 285 g/mol. The summed E-state index contributed by atoms with van der Waals surface area (Å²) in [6, 6.07) is 0. The third kappa shape index (κ3) is 12.9. The number of hydroxylamine groups is 2. The lowest BCUT2D eigenvalue weighted by Gasteiger charge is -2.34. The van der Waals surface area contributed by atoms with Crippen LogP contribution in [0.15, 0.2) is 0 Å². The molecule has 0 aromatic rings. The predicted octanol–water partition coefficient (Wildman–Crippen LogP) is 5.18. The van der Waals surface area contributed by atoms with Crippen molar-refractivity contribution in [1.29, 1.82) is 0 Å². The lowest BCUT2D eigenvalue weighted by atomic mass is 10.0. The first-order valence-corrected chi connectivity index (χ1v) is 8.91. The van der Waals surface area contributed by atoms with Crippen molar-refractivity contribution in [2.45, 2.75) is 103 Å². The molecule has 1 unspecified atom stereocenters. The molecule has 0 spiro atoms. The van der Waals surface area contributed by atoms with E-state index in [4.69, 9.17) is 5.73 Å². The van der Waals surface area contributed by atoms with Gasteiger partial charge in [-0.2, -0.15) is 0 Å². The van der Waals surface area contributed by atoms with Crippen LogP contribution < -0.4 is 5.73 Å². The van der Waals surface area contributed by atoms with E-state index in [9.17, 15) is 5.21 Å². The largest absolute Gasteiger partial charge is 0.784 e. The summed E-state index contributed by atoms with van der Waals surface area (Å²) in [5.74, 6) is 0. The summed E-state index contributed by atoms with van der Waals surface area (Å²) in [7, 11) is 0. The van der Waals surface area contributed by atoms with Gasteiger partial charge in [0, 0.05) is 6.17 Å². The Morgan fingerprint density at radius 3 is 1.65 bits per heavy atom. The van der Waals surface area contributed by atoms with Crippen LogP contribution in [-0.2, 0) is 0 Å². The molecule has 1 atom stereocenters. The Morgan fingerprint density at radius 1 is 0.750 bits per heavy atom. The van der Waals surface area contributed by atoms with Crippen molar-refractivity contribution in [3.8, 4) is 0 Å². The molecule has 0 bridgehead atoms. The molecule has 3 nitrogen and oxygen atoms in total. The number of nitrogens with two attached hydrogens (primary N) is 1. The predicted molar refractivity (Wildman–Crippen MR) is 89.4 cm³/mol. The second kappa shape index (κ2) is 15.3. The van der Waals surface area contributed by atoms with Crippen LogP contribution in [0, 0.1) is 5.21 Å². The van der Waals surface area contributed by atoms with Gasteiger partial charge < -0.3 is 16.0 Å². The van der Waals surface area contributed by atoms with E-state index in [1.54, 1.807) is 0 Å². The Bertz CT molecular complexity index is 188. The van der Waals surface area contributed by atoms with Gasteiger partial charge in [0.15, 0.2) is 0 Å². The minimum atomic E-state index is -0.284. The second-order valence-electron chi connectivity index (χ2n) is 6.03. The average Bonchev–Trinajstić information content (AvgIpc) is 2.44. The minimum absolute atomic E-state index is 0.284. The molecular weight excluding hydrogens is 248 g/mol. The first-order valence-electron chi connectivity index (χ1n) is 8.91. The molecule has 0 aromatic heterocycles. The fraction of sp³-hybridized carbons (Fsp3) is 1.00. The molecule has 2 N–H and O–H groups in total. The van der Waals surface area contributed by atoms with Crippen LogP contribution >= 0.6 is 0 Å². The first-order chi connectivity index (χ1) is 9.72. The maximum Gasteiger partial charge on any atom is 0.0456 e. The zero-order chi connectivity index (χ0) is 15.1. The summed E-state index contributed by atoms with van der Waals surface area (Å²) in [6.07, 6.45) is 16.2. The van der Waals surface area contributed by atoms with E-state index >= 15 is 0 Å². The van der Waals surface area contributed by atoms with Crippen molar-refractivity contribution >= 4 is 0 Å². The lowest BCUT2D eigenvalue weighted by molar-refractivity contribution is 0.263. The van der Waals surface area contributed by atoms with Crippen molar-refractivity contribution in [3.05, 3.63) is 5.21 Å². The number of unbranched alkanes of at least 4 members (excludes halogenated alkanes) is 10. The highest BCUT2D eigenvalue weighted by Gasteiger charge is 2.03. The van der Waals surface area contributed by atoms with E-state index in [-0.39, 0.29) is 6.17 Å². The SMILES string of the molecule is CCCCCCCCCCCCCC(N)N([O-])CCC. The third-order valence-electron chi connectivity index (χ3n) is 3.92. The molecule has 0 radical (unpaired) electrons. The zero-order valence-corrected chi connectivity index (χ0v) is 13.9. The Morgan fingerprint density at radius 2 is 1.20 bits per heavy atom. The number of hydrogen-bond donors (Lipinski definition) is 1. The fourth-order valence-corrected chi connectivity index (χ4v) is 2.55. The van der Waals surface area contributed by atoms with Crippen molar-refractivity contribution in [1.82, 2.24) is 5.06 Å². The first kappa shape index (κ1) is 19.9. The number of rotatable bonds is 15. The molecule has 0 rings (SSSR count). The summed E-state index contributed by atoms with van der Waals surface area (Å²) in [4.78, 5) is 0. The van der Waals surface area contributed by atoms with Crippen molar-refractivity contribution in [2.75, 3.05) is 6.54 Å². The molecule has 20 heavy (non-hydrogen) atoms. The van der Waals surface area contributed by atoms with Crippen LogP contribution in [0.4, 0.5) is 0 Å². The van der Waals surface area contributed by atoms with Gasteiger partial charge in [0.05, 0.1) is 0 Å². The second-order valence-corrected chi connectivity index (χ2v) is 6.03. The Labute approximate surface area is 126 Å². The van der Waals surface area contributed by atoms with Gasteiger partial charge in [0.25, 0.3) is 0 Å². The molecule has 0 saturated heterocycles. The molecule has 122 valence electrons. The highest BCUT2D eigenvalue weighted by Crippen LogP contribution is 2.12. The van der Waals surface area contributed by atoms with E-state index in [1.165, 1.54) is 64.2 Å². The molecule has 0 fully saturated rings. The fourth-order valence-electron chi connectivity index (χ4n) is 2.55. The minimum Gasteiger partial charge on any atom is -0.784 e. The maximum absolute atomic E-state index is 11.4. The highest BCUT2D eigenvalue weighted by atomic mass is 16.5. The maximum atomic E-state index is 11.4. The Balaban J connectivity index is 3.16. The van der Waals surface area contributed by atoms with E-state index < -0.39 is 0 Å². The van der Waals surface area contributed by atoms with Gasteiger partial charge in [0.2, 0.25) is 0 Å². The molecule has 0 aliphatic carbocycles. The van der Waals surface area contributed by atoms with Crippen LogP contribution in [0.2, 0.25) is 0 Å². The van der Waals surface area contributed by atoms with Crippen molar-refractivity contribution in [3.63, 3.8) is 0 Å². The van der Waals surface area contributed by atoms with Gasteiger partial charge in [-0.1, -0.05) is 84.5 Å². The van der Waals surface area contributed by atoms with E-state index in [0.717, 1.165) is 24.3 Å². The summed E-state index contributed by atoms with van der Waals surface area (Å²) in [5.41, 5.74) is 5.84. The molecule has 0 saturated carbocycles. The van der Waals surface area contributed by atoms with Gasteiger partial charge >= 0.3 is 0 Å². The van der Waals surface area contributed by atoms with Gasteiger partial charge in [0.1, 0.15) is 0 Å². The van der Waals surface area contributed by atoms with Crippen molar-refractivity contribution < 1.29 is 0 Å². The van der Waals surface area contributed by atoms with Crippen molar-refractivity contribution in [2.24, 2.45) is 5.73 Å². The summed E-state index contributed by atoms with van der Waals surface area (Å²) in [6.45, 7) is 4.85. The molecule has 3 heteroatoms. The normalized spacial score (nSPS) is 13.1. The van der Waals surface area contributed by atoms with Gasteiger partial charge in [-0.05, 0) is 19.4 Å². The quantitative estimate of drug-likeness (QED) is 0.256. The molecule has 0 amide bonds. The van der Waals surface area contributed by atoms with E-state index in [1.807, 2.05) is 6.92 Å². The van der Waals surface area contributed by atoms with Crippen LogP contribution in [0.1, 0.15) is 97.3 Å². The third-order valence-corrected chi connectivity index (χ3v) is 3.92. The van der Waals surface area contributed by atoms with E-state index in [0.29, 0.717) is 6.54 Å². The molecular formula is C17H37N2O-. The van der Waals surface area contributed by atoms with E-state index in [2.05, 4.69) is 6.92 Å². The smallest absolute Gasteiger partial charge is 0.0456 e.